The molecule has 202 valence electrons. The predicted octanol–water partition coefficient (Wildman–Crippen LogP) is 9.84. The van der Waals surface area contributed by atoms with Crippen LogP contribution in [0.25, 0.3) is 71.0 Å². The maximum absolute atomic E-state index is 9.62. The summed E-state index contributed by atoms with van der Waals surface area (Å²) in [4.78, 5) is 3.79. The lowest BCUT2D eigenvalue weighted by molar-refractivity contribution is 1.18. The van der Waals surface area contributed by atoms with Crippen molar-refractivity contribution >= 4 is 49.3 Å². The van der Waals surface area contributed by atoms with E-state index in [1.54, 1.807) is 12.1 Å². The smallest absolute Gasteiger partial charge is 0.211 e. The first-order valence-corrected chi connectivity index (χ1v) is 14.2. The lowest BCUT2D eigenvalue weighted by atomic mass is 9.98. The third-order valence-electron chi connectivity index (χ3n) is 8.38. The second-order valence-corrected chi connectivity index (χ2v) is 10.7. The van der Waals surface area contributed by atoms with E-state index in [9.17, 15) is 10.5 Å². The zero-order valence-electron chi connectivity index (χ0n) is 23.4. The van der Waals surface area contributed by atoms with Crippen LogP contribution < -0.4 is 0 Å². The first-order chi connectivity index (χ1) is 21.7. The predicted molar refractivity (Wildman–Crippen MR) is 176 cm³/mol. The Morgan fingerprint density at radius 1 is 0.545 bits per heavy atom. The third-order valence-corrected chi connectivity index (χ3v) is 8.38. The van der Waals surface area contributed by atoms with Gasteiger partial charge in [0.1, 0.15) is 0 Å². The molecule has 5 nitrogen and oxygen atoms in total. The summed E-state index contributed by atoms with van der Waals surface area (Å²) in [6.07, 6.45) is 0. The molecule has 0 atom stereocenters. The fourth-order valence-corrected chi connectivity index (χ4v) is 6.52. The van der Waals surface area contributed by atoms with Crippen molar-refractivity contribution in [2.24, 2.45) is 0 Å². The van der Waals surface area contributed by atoms with Crippen molar-refractivity contribution < 1.29 is 0 Å². The molecule has 2 aromatic heterocycles. The SMILES string of the molecule is [C-]#[N+]c1cc(C#N)ccc1-n1c2ccccc2c2c(-c3ccc4c5ccccc5n(-c5cccc(C#N)c5)c4c3)cccc21. The minimum atomic E-state index is 0.433. The van der Waals surface area contributed by atoms with Gasteiger partial charge < -0.3 is 9.13 Å². The summed E-state index contributed by atoms with van der Waals surface area (Å²) in [7, 11) is 0. The molecule has 8 aromatic rings. The van der Waals surface area contributed by atoms with Gasteiger partial charge in [-0.15, -0.1) is 0 Å². The van der Waals surface area contributed by atoms with E-state index < -0.39 is 0 Å². The Hall–Kier alpha value is -6.61. The molecule has 6 aromatic carbocycles. The molecule has 5 heteroatoms. The Morgan fingerprint density at radius 2 is 1.23 bits per heavy atom. The number of para-hydroxylation sites is 2. The number of fused-ring (bicyclic) bond motifs is 6. The van der Waals surface area contributed by atoms with Crippen LogP contribution in [0.2, 0.25) is 0 Å². The number of aromatic nitrogens is 2. The minimum absolute atomic E-state index is 0.433. The molecule has 44 heavy (non-hydrogen) atoms. The molecule has 0 spiro atoms. The van der Waals surface area contributed by atoms with Gasteiger partial charge >= 0.3 is 0 Å². The minimum Gasteiger partial charge on any atom is -0.319 e. The van der Waals surface area contributed by atoms with Gasteiger partial charge in [0.05, 0.1) is 52.0 Å². The van der Waals surface area contributed by atoms with Crippen LogP contribution in [0, 0.1) is 29.2 Å². The Balaban J connectivity index is 1.44. The number of benzene rings is 6. The molecule has 8 rings (SSSR count). The maximum atomic E-state index is 9.62. The van der Waals surface area contributed by atoms with Gasteiger partial charge in [0.25, 0.3) is 0 Å². The van der Waals surface area contributed by atoms with Crippen LogP contribution in [0.3, 0.4) is 0 Å². The van der Waals surface area contributed by atoms with Gasteiger partial charge in [-0.3, -0.25) is 0 Å². The van der Waals surface area contributed by atoms with Crippen molar-refractivity contribution in [3.63, 3.8) is 0 Å². The molecule has 2 heterocycles. The average Bonchev–Trinajstić information content (AvgIpc) is 3.60. The molecule has 0 amide bonds. The van der Waals surface area contributed by atoms with Crippen LogP contribution in [-0.4, -0.2) is 9.13 Å². The zero-order chi connectivity index (χ0) is 29.8. The quantitative estimate of drug-likeness (QED) is 0.202. The van der Waals surface area contributed by atoms with Crippen molar-refractivity contribution in [2.45, 2.75) is 0 Å². The maximum Gasteiger partial charge on any atom is 0.211 e. The monoisotopic (exact) mass is 559 g/mol. The number of nitrogens with zero attached hydrogens (tertiary/aromatic N) is 5. The molecule has 0 N–H and O–H groups in total. The molecule has 0 aliphatic carbocycles. The topological polar surface area (TPSA) is 61.8 Å². The van der Waals surface area contributed by atoms with Gasteiger partial charge in [-0.2, -0.15) is 10.5 Å². The third kappa shape index (κ3) is 3.63. The van der Waals surface area contributed by atoms with Crippen molar-refractivity contribution in [1.82, 2.24) is 9.13 Å². The highest BCUT2D eigenvalue weighted by molar-refractivity contribution is 6.17. The summed E-state index contributed by atoms with van der Waals surface area (Å²) in [5, 5.41) is 23.5. The summed E-state index contributed by atoms with van der Waals surface area (Å²) < 4.78 is 4.36. The molecule has 0 saturated heterocycles. The number of nitriles is 2. The van der Waals surface area contributed by atoms with Crippen molar-refractivity contribution in [3.05, 3.63) is 150 Å². The first kappa shape index (κ1) is 25.1. The molecule has 0 unspecified atom stereocenters. The van der Waals surface area contributed by atoms with Gasteiger partial charge in [-0.25, -0.2) is 4.85 Å². The van der Waals surface area contributed by atoms with Crippen LogP contribution in [0.1, 0.15) is 11.1 Å². The van der Waals surface area contributed by atoms with Crippen LogP contribution in [0.4, 0.5) is 5.69 Å². The molecular formula is C39H21N5. The van der Waals surface area contributed by atoms with E-state index in [1.807, 2.05) is 48.5 Å². The Labute approximate surface area is 253 Å². The normalized spacial score (nSPS) is 11.1. The lowest BCUT2D eigenvalue weighted by Crippen LogP contribution is -1.95. The summed E-state index contributed by atoms with van der Waals surface area (Å²) in [6.45, 7) is 7.87. The van der Waals surface area contributed by atoms with Crippen LogP contribution in [0.5, 0.6) is 0 Å². The van der Waals surface area contributed by atoms with Gasteiger partial charge in [0.2, 0.25) is 5.69 Å². The summed E-state index contributed by atoms with van der Waals surface area (Å²) in [5.41, 5.74) is 9.46. The fourth-order valence-electron chi connectivity index (χ4n) is 6.52. The van der Waals surface area contributed by atoms with E-state index in [0.29, 0.717) is 16.8 Å². The average molecular weight is 560 g/mol. The van der Waals surface area contributed by atoms with Gasteiger partial charge in [0.15, 0.2) is 0 Å². The van der Waals surface area contributed by atoms with Crippen LogP contribution in [-0.2, 0) is 0 Å². The number of hydrogen-bond donors (Lipinski definition) is 0. The van der Waals surface area contributed by atoms with Crippen molar-refractivity contribution in [1.29, 1.82) is 10.5 Å². The van der Waals surface area contributed by atoms with E-state index in [-0.39, 0.29) is 0 Å². The summed E-state index contributed by atoms with van der Waals surface area (Å²) >= 11 is 0. The lowest BCUT2D eigenvalue weighted by Gasteiger charge is -2.12. The van der Waals surface area contributed by atoms with Crippen LogP contribution in [0.15, 0.2) is 127 Å². The van der Waals surface area contributed by atoms with E-state index in [1.165, 1.54) is 0 Å². The Kier molecular flexibility index (Phi) is 5.56. The summed E-state index contributed by atoms with van der Waals surface area (Å²) in [5.74, 6) is 0. The van der Waals surface area contributed by atoms with E-state index >= 15 is 0 Å². The largest absolute Gasteiger partial charge is 0.319 e. The van der Waals surface area contributed by atoms with E-state index in [4.69, 9.17) is 6.57 Å². The van der Waals surface area contributed by atoms with E-state index in [2.05, 4.69) is 92.8 Å². The Bertz CT molecular complexity index is 2600. The molecule has 0 fully saturated rings. The second-order valence-electron chi connectivity index (χ2n) is 10.7. The highest BCUT2D eigenvalue weighted by Crippen LogP contribution is 2.42. The highest BCUT2D eigenvalue weighted by atomic mass is 15.0. The summed E-state index contributed by atoms with van der Waals surface area (Å²) in [6, 6.07) is 47.0. The molecule has 0 bridgehead atoms. The van der Waals surface area contributed by atoms with Crippen molar-refractivity contribution in [2.75, 3.05) is 0 Å². The zero-order valence-corrected chi connectivity index (χ0v) is 23.4. The van der Waals surface area contributed by atoms with Gasteiger partial charge in [0, 0.05) is 32.8 Å². The second kappa shape index (κ2) is 9.74. The van der Waals surface area contributed by atoms with E-state index in [0.717, 1.165) is 66.1 Å². The molecule has 0 aliphatic heterocycles. The molecule has 0 saturated carbocycles. The Morgan fingerprint density at radius 3 is 2.02 bits per heavy atom. The van der Waals surface area contributed by atoms with Crippen molar-refractivity contribution in [3.8, 4) is 34.6 Å². The molecule has 0 aliphatic rings. The molecule has 0 radical (unpaired) electrons. The number of rotatable bonds is 3. The van der Waals surface area contributed by atoms with Gasteiger partial charge in [-0.05, 0) is 71.8 Å². The van der Waals surface area contributed by atoms with Crippen LogP contribution >= 0.6 is 0 Å². The van der Waals surface area contributed by atoms with Gasteiger partial charge in [-0.1, -0.05) is 66.7 Å². The number of hydrogen-bond acceptors (Lipinski definition) is 2. The fraction of sp³-hybridized carbons (Fsp3) is 0. The molecular weight excluding hydrogens is 538 g/mol. The first-order valence-electron chi connectivity index (χ1n) is 14.2. The standard InChI is InChI=1S/C39H21N5/c1-42-33-21-26(24-41)16-19-36(33)44-35-14-5-3-11-32(35)39-29(12-7-15-37(39)44)27-17-18-31-30-10-2-4-13-34(30)43(38(31)22-27)28-9-6-8-25(20-28)23-40/h2-22H. The highest BCUT2D eigenvalue weighted by Gasteiger charge is 2.19.